The zero-order valence-corrected chi connectivity index (χ0v) is 42.0. The van der Waals surface area contributed by atoms with Crippen LogP contribution in [0.3, 0.4) is 0 Å². The summed E-state index contributed by atoms with van der Waals surface area (Å²) in [4.78, 5) is 102. The van der Waals surface area contributed by atoms with Gasteiger partial charge in [-0.05, 0) is 81.0 Å². The molecule has 3 rings (SSSR count). The predicted molar refractivity (Wildman–Crippen MR) is 251 cm³/mol. The van der Waals surface area contributed by atoms with Crippen molar-refractivity contribution in [2.45, 2.75) is 175 Å². The molecule has 0 bridgehead atoms. The van der Waals surface area contributed by atoms with Gasteiger partial charge in [0.25, 0.3) is 0 Å². The van der Waals surface area contributed by atoms with Crippen molar-refractivity contribution in [1.29, 1.82) is 0 Å². The Balaban J connectivity index is 2.23. The van der Waals surface area contributed by atoms with Gasteiger partial charge < -0.3 is 55.5 Å². The highest BCUT2D eigenvalue weighted by atomic mass is 16.6. The van der Waals surface area contributed by atoms with Crippen LogP contribution in [0.5, 0.6) is 5.75 Å². The summed E-state index contributed by atoms with van der Waals surface area (Å²) < 4.78 is 17.2. The number of rotatable bonds is 13. The molecule has 12 atom stereocenters. The summed E-state index contributed by atoms with van der Waals surface area (Å²) in [5, 5.41) is 34.6. The van der Waals surface area contributed by atoms with Crippen molar-refractivity contribution in [3.8, 4) is 5.75 Å². The molecule has 1 aromatic rings. The molecule has 18 nitrogen and oxygen atoms in total. The van der Waals surface area contributed by atoms with Crippen LogP contribution in [0.15, 0.2) is 24.3 Å². The van der Waals surface area contributed by atoms with E-state index in [2.05, 4.69) is 21.3 Å². The quantitative estimate of drug-likeness (QED) is 0.156. The zero-order valence-electron chi connectivity index (χ0n) is 42.0. The topological polar surface area (TPSA) is 242 Å². The fourth-order valence-electron chi connectivity index (χ4n) is 8.71. The van der Waals surface area contributed by atoms with Crippen molar-refractivity contribution in [3.05, 3.63) is 29.8 Å². The fraction of sp³-hybridized carbons (Fsp3) is 0.735. The number of esters is 2. The summed E-state index contributed by atoms with van der Waals surface area (Å²) >= 11 is 0. The second-order valence-electron chi connectivity index (χ2n) is 19.7. The monoisotopic (exact) mass is 945 g/mol. The van der Waals surface area contributed by atoms with Crippen LogP contribution in [0.1, 0.15) is 113 Å². The number of carbonyl (C=O) groups is 7. The third-order valence-corrected chi connectivity index (χ3v) is 13.1. The minimum absolute atomic E-state index is 0.0418. The Morgan fingerprint density at radius 2 is 1.55 bits per heavy atom. The van der Waals surface area contributed by atoms with Crippen LogP contribution in [0.25, 0.3) is 0 Å². The van der Waals surface area contributed by atoms with Crippen molar-refractivity contribution in [3.63, 3.8) is 0 Å². The van der Waals surface area contributed by atoms with Gasteiger partial charge >= 0.3 is 11.9 Å². The molecule has 1 unspecified atom stereocenters. The lowest BCUT2D eigenvalue weighted by atomic mass is 9.90. The SMILES string of the molecule is CC[C@H](C)[C@@H]1NC(=O)[C@@H](NC(=O)[C@@H](CC(C)C)NC)[C@H](C)OC(=O)[C@H](Cc2ccc(OC)cc2)N(C)C(=O)[C@@H]2CCCN2C(=O)[C@H](CC(C)C)NC(=O)[C@@H](C)C(O)[C@H](C(C)C)OC(=O)C[C@@H]1O. The molecule has 2 aliphatic heterocycles. The first kappa shape index (κ1) is 56.5. The number of fused-ring (bicyclic) bond motifs is 1. The third kappa shape index (κ3) is 15.6. The second kappa shape index (κ2) is 26.1. The Hall–Kier alpha value is -4.81. The van der Waals surface area contributed by atoms with E-state index in [-0.39, 0.29) is 37.6 Å². The minimum Gasteiger partial charge on any atom is -0.497 e. The largest absolute Gasteiger partial charge is 0.497 e. The number of aliphatic hydroxyl groups excluding tert-OH is 2. The van der Waals surface area contributed by atoms with Crippen LogP contribution >= 0.6 is 0 Å². The maximum absolute atomic E-state index is 14.7. The van der Waals surface area contributed by atoms with Crippen molar-refractivity contribution in [2.75, 3.05) is 27.7 Å². The van der Waals surface area contributed by atoms with Crippen LogP contribution in [0.4, 0.5) is 0 Å². The molecule has 5 amide bonds. The smallest absolute Gasteiger partial charge is 0.329 e. The highest BCUT2D eigenvalue weighted by molar-refractivity contribution is 5.95. The lowest BCUT2D eigenvalue weighted by Crippen LogP contribution is -2.61. The van der Waals surface area contributed by atoms with Gasteiger partial charge in [-0.15, -0.1) is 0 Å². The molecule has 0 aliphatic carbocycles. The number of methoxy groups -OCH3 is 1. The minimum atomic E-state index is -1.53. The average Bonchev–Trinajstić information content (AvgIpc) is 3.77. The van der Waals surface area contributed by atoms with E-state index in [0.717, 1.165) is 0 Å². The van der Waals surface area contributed by atoms with Crippen LogP contribution in [-0.4, -0.2) is 150 Å². The van der Waals surface area contributed by atoms with Gasteiger partial charge in [-0.3, -0.25) is 28.8 Å². The van der Waals surface area contributed by atoms with E-state index in [4.69, 9.17) is 14.2 Å². The van der Waals surface area contributed by atoms with E-state index in [9.17, 15) is 43.8 Å². The Labute approximate surface area is 397 Å². The maximum Gasteiger partial charge on any atom is 0.329 e. The van der Waals surface area contributed by atoms with Crippen molar-refractivity contribution in [2.24, 2.45) is 29.6 Å². The van der Waals surface area contributed by atoms with Crippen molar-refractivity contribution in [1.82, 2.24) is 31.1 Å². The molecule has 0 radical (unpaired) electrons. The number of hydrogen-bond acceptors (Lipinski definition) is 13. The standard InChI is InChI=1S/C49H80N6O12/c1-14-29(8)40-38(56)25-39(57)67-43(28(6)7)42(58)30(9)44(59)51-35(23-27(4)5)47(62)55-21-15-16-36(55)48(63)54(12)37(24-32-17-19-33(65-13)20-18-32)49(64)66-31(10)41(46(61)52-40)53-45(60)34(50-11)22-26(2)3/h17-20,26-31,34-38,40-43,50,56,58H,14-16,21-25H2,1-13H3,(H,51,59)(H,52,61)(H,53,60)/t29-,30-,31-,34+,35-,36-,37-,38-,40-,41-,42?,43-/m0/s1. The van der Waals surface area contributed by atoms with E-state index in [1.807, 2.05) is 34.6 Å². The van der Waals surface area contributed by atoms with Gasteiger partial charge in [-0.2, -0.15) is 0 Å². The number of hydrogen-bond donors (Lipinski definition) is 6. The average molecular weight is 945 g/mol. The van der Waals surface area contributed by atoms with Crippen LogP contribution in [-0.2, 0) is 49.5 Å². The molecule has 2 heterocycles. The zero-order chi connectivity index (χ0) is 50.4. The van der Waals surface area contributed by atoms with Gasteiger partial charge in [0.2, 0.25) is 29.5 Å². The third-order valence-electron chi connectivity index (χ3n) is 13.1. The maximum atomic E-state index is 14.7. The molecular formula is C49H80N6O12. The summed E-state index contributed by atoms with van der Waals surface area (Å²) in [6, 6.07) is 0.165. The number of cyclic esters (lactones) is 2. The van der Waals surface area contributed by atoms with Gasteiger partial charge in [-0.1, -0.05) is 80.9 Å². The molecular weight excluding hydrogens is 865 g/mol. The lowest BCUT2D eigenvalue weighted by Gasteiger charge is -2.35. The van der Waals surface area contributed by atoms with E-state index < -0.39 is 126 Å². The summed E-state index contributed by atoms with van der Waals surface area (Å²) in [6.07, 6.45) is -4.46. The van der Waals surface area contributed by atoms with Crippen LogP contribution in [0, 0.1) is 29.6 Å². The number of nitrogens with zero attached hydrogens (tertiary/aromatic N) is 2. The molecule has 0 saturated carbocycles. The van der Waals surface area contributed by atoms with Gasteiger partial charge in [0, 0.05) is 20.0 Å². The predicted octanol–water partition coefficient (Wildman–Crippen LogP) is 2.50. The normalized spacial score (nSPS) is 28.9. The molecule has 2 saturated heterocycles. The molecule has 1 aromatic carbocycles. The molecule has 67 heavy (non-hydrogen) atoms. The summed E-state index contributed by atoms with van der Waals surface area (Å²) in [5.41, 5.74) is 0.638. The number of carbonyl (C=O) groups excluding carboxylic acids is 7. The van der Waals surface area contributed by atoms with Crippen LogP contribution < -0.4 is 26.0 Å². The Kier molecular flexibility index (Phi) is 22.0. The van der Waals surface area contributed by atoms with Gasteiger partial charge in [-0.25, -0.2) is 4.79 Å². The molecule has 18 heteroatoms. The van der Waals surface area contributed by atoms with Gasteiger partial charge in [0.1, 0.15) is 48.2 Å². The number of benzene rings is 1. The molecule has 0 spiro atoms. The molecule has 2 aliphatic rings. The number of likely N-dealkylation sites (N-methyl/N-ethyl adjacent to an activating group) is 2. The first-order chi connectivity index (χ1) is 31.4. The first-order valence-corrected chi connectivity index (χ1v) is 24.0. The van der Waals surface area contributed by atoms with Gasteiger partial charge in [0.05, 0.1) is 37.6 Å². The summed E-state index contributed by atoms with van der Waals surface area (Å²) in [5.74, 6) is -6.42. The van der Waals surface area contributed by atoms with Crippen molar-refractivity contribution >= 4 is 41.5 Å². The molecule has 378 valence electrons. The molecule has 6 N–H and O–H groups in total. The first-order valence-electron chi connectivity index (χ1n) is 24.0. The lowest BCUT2D eigenvalue weighted by molar-refractivity contribution is -0.166. The van der Waals surface area contributed by atoms with Gasteiger partial charge in [0.15, 0.2) is 0 Å². The fourth-order valence-corrected chi connectivity index (χ4v) is 8.71. The Morgan fingerprint density at radius 1 is 0.910 bits per heavy atom. The Bertz CT molecular complexity index is 1830. The van der Waals surface area contributed by atoms with Crippen molar-refractivity contribution < 1.29 is 58.0 Å². The number of ether oxygens (including phenoxy) is 3. The molecule has 0 aromatic heterocycles. The van der Waals surface area contributed by atoms with E-state index in [0.29, 0.717) is 30.6 Å². The summed E-state index contributed by atoms with van der Waals surface area (Å²) in [7, 11) is 4.58. The number of aliphatic hydroxyl groups is 2. The second-order valence-corrected chi connectivity index (χ2v) is 19.7. The summed E-state index contributed by atoms with van der Waals surface area (Å²) in [6.45, 7) is 17.8. The highest BCUT2D eigenvalue weighted by Gasteiger charge is 2.44. The van der Waals surface area contributed by atoms with E-state index >= 15 is 0 Å². The van der Waals surface area contributed by atoms with E-state index in [1.54, 1.807) is 52.1 Å². The van der Waals surface area contributed by atoms with E-state index in [1.165, 1.54) is 37.8 Å². The number of amides is 5. The Morgan fingerprint density at radius 3 is 2.10 bits per heavy atom. The highest BCUT2D eigenvalue weighted by Crippen LogP contribution is 2.26. The number of nitrogens with one attached hydrogen (secondary N) is 4. The van der Waals surface area contributed by atoms with Crippen LogP contribution in [0.2, 0.25) is 0 Å². The molecule has 2 fully saturated rings.